The van der Waals surface area contributed by atoms with Crippen LogP contribution in [0.15, 0.2) is 27.5 Å². The Morgan fingerprint density at radius 2 is 1.92 bits per heavy atom. The van der Waals surface area contributed by atoms with E-state index in [0.717, 1.165) is 19.3 Å². The first kappa shape index (κ1) is 35.7. The minimum atomic E-state index is -4.46. The standard InChI is InChI=1S/C19H18F3N7O3.C6H10F2.C5H8N2O2/c20-19(21,22)13-5-11(17(30)26-13)3-9-4-14-25-12(8-29(14)24-6-9)7-23-18(31)16-15(10-1-2-10)27-32-28-16;7-6(8)4-2-1-3-5-6;1-4-6-7-5(9-4)3-8-2/h4,6,8,10-11,13H,1-3,5,7H2,(H,23,31)(H,26,30);1-5H2;3H2,1-2H3. The molecule has 5 heterocycles. The van der Waals surface area contributed by atoms with Crippen molar-refractivity contribution in [1.29, 1.82) is 0 Å². The number of imidazole rings is 1. The van der Waals surface area contributed by atoms with Gasteiger partial charge < -0.3 is 19.8 Å². The van der Waals surface area contributed by atoms with Crippen LogP contribution in [0.2, 0.25) is 0 Å². The number of ether oxygens (including phenoxy) is 1. The Hall–Kier alpha value is -4.55. The third-order valence-electron chi connectivity index (χ3n) is 8.06. The molecule has 1 aliphatic heterocycles. The number of fused-ring (bicyclic) bond motifs is 1. The predicted octanol–water partition coefficient (Wildman–Crippen LogP) is 4.64. The first-order valence-corrected chi connectivity index (χ1v) is 15.8. The highest BCUT2D eigenvalue weighted by atomic mass is 19.4. The molecule has 2 N–H and O–H groups in total. The molecule has 266 valence electrons. The van der Waals surface area contributed by atoms with Crippen LogP contribution in [0.3, 0.4) is 0 Å². The topological polar surface area (TPSA) is 175 Å². The Morgan fingerprint density at radius 1 is 1.16 bits per heavy atom. The maximum absolute atomic E-state index is 12.9. The van der Waals surface area contributed by atoms with Crippen molar-refractivity contribution in [2.75, 3.05) is 7.11 Å². The second kappa shape index (κ2) is 15.3. The van der Waals surface area contributed by atoms with Crippen molar-refractivity contribution in [3.63, 3.8) is 0 Å². The number of hydrogen-bond acceptors (Lipinski definition) is 11. The monoisotopic (exact) mass is 697 g/mol. The molecule has 7 rings (SSSR count). The quantitative estimate of drug-likeness (QED) is 0.246. The van der Waals surface area contributed by atoms with Gasteiger partial charge >= 0.3 is 6.18 Å². The Bertz CT molecular complexity index is 1710. The van der Waals surface area contributed by atoms with E-state index < -0.39 is 35.9 Å². The minimum Gasteiger partial charge on any atom is -0.423 e. The van der Waals surface area contributed by atoms with E-state index in [1.54, 1.807) is 26.3 Å². The summed E-state index contributed by atoms with van der Waals surface area (Å²) in [4.78, 5) is 28.7. The summed E-state index contributed by atoms with van der Waals surface area (Å²) in [5.74, 6) is -2.82. The molecule has 2 unspecified atom stereocenters. The Morgan fingerprint density at radius 3 is 2.51 bits per heavy atom. The van der Waals surface area contributed by atoms with Crippen molar-refractivity contribution >= 4 is 17.5 Å². The van der Waals surface area contributed by atoms with Crippen LogP contribution in [0.5, 0.6) is 0 Å². The molecule has 2 atom stereocenters. The van der Waals surface area contributed by atoms with Gasteiger partial charge in [-0.3, -0.25) is 9.59 Å². The van der Waals surface area contributed by atoms with Crippen molar-refractivity contribution < 1.29 is 45.3 Å². The van der Waals surface area contributed by atoms with E-state index in [4.69, 9.17) is 9.15 Å². The number of aromatic nitrogens is 7. The maximum Gasteiger partial charge on any atom is 0.408 e. The molecule has 0 radical (unpaired) electrons. The smallest absolute Gasteiger partial charge is 0.408 e. The number of aryl methyl sites for hydroxylation is 1. The van der Waals surface area contributed by atoms with Gasteiger partial charge in [-0.25, -0.2) is 22.9 Å². The van der Waals surface area contributed by atoms with Crippen LogP contribution in [0.25, 0.3) is 5.65 Å². The molecule has 4 aromatic heterocycles. The number of hydrogen-bond donors (Lipinski definition) is 2. The molecule has 2 amide bonds. The highest BCUT2D eigenvalue weighted by Gasteiger charge is 2.47. The van der Waals surface area contributed by atoms with Gasteiger partial charge in [0.25, 0.3) is 5.91 Å². The fraction of sp³-hybridized carbons (Fsp3) is 0.600. The summed E-state index contributed by atoms with van der Waals surface area (Å²) in [6, 6.07) is -0.155. The number of nitrogens with one attached hydrogen (secondary N) is 2. The summed E-state index contributed by atoms with van der Waals surface area (Å²) in [6.07, 6.45) is 3.05. The largest absolute Gasteiger partial charge is 0.423 e. The average molecular weight is 698 g/mol. The van der Waals surface area contributed by atoms with Gasteiger partial charge in [-0.1, -0.05) is 11.6 Å². The molecule has 2 aliphatic carbocycles. The van der Waals surface area contributed by atoms with Crippen LogP contribution in [0.4, 0.5) is 22.0 Å². The van der Waals surface area contributed by atoms with E-state index in [2.05, 4.69) is 40.5 Å². The average Bonchev–Trinajstić information content (AvgIpc) is 3.36. The number of halogens is 5. The van der Waals surface area contributed by atoms with Crippen molar-refractivity contribution in [3.8, 4) is 0 Å². The second-order valence-electron chi connectivity index (χ2n) is 12.2. The molecule has 0 bridgehead atoms. The zero-order chi connectivity index (χ0) is 35.2. The van der Waals surface area contributed by atoms with Gasteiger partial charge in [0.2, 0.25) is 23.6 Å². The Labute approximate surface area is 276 Å². The summed E-state index contributed by atoms with van der Waals surface area (Å²) in [5.41, 5.74) is 2.32. The number of amides is 2. The molecule has 14 nitrogen and oxygen atoms in total. The molecule has 3 aliphatic rings. The van der Waals surface area contributed by atoms with Crippen LogP contribution >= 0.6 is 0 Å². The van der Waals surface area contributed by atoms with Gasteiger partial charge in [0, 0.05) is 38.7 Å². The molecule has 3 fully saturated rings. The van der Waals surface area contributed by atoms with Crippen molar-refractivity contribution in [1.82, 2.24) is 45.7 Å². The third kappa shape index (κ3) is 9.99. The van der Waals surface area contributed by atoms with E-state index in [1.807, 2.05) is 5.32 Å². The van der Waals surface area contributed by atoms with E-state index in [-0.39, 0.29) is 43.8 Å². The van der Waals surface area contributed by atoms with Crippen molar-refractivity contribution in [2.45, 2.75) is 102 Å². The van der Waals surface area contributed by atoms with Crippen LogP contribution in [-0.2, 0) is 29.1 Å². The number of methoxy groups -OCH3 is 1. The normalized spacial score (nSPS) is 20.2. The van der Waals surface area contributed by atoms with Gasteiger partial charge in [0.1, 0.15) is 18.3 Å². The molecule has 19 heteroatoms. The number of carbonyl (C=O) groups excluding carboxylic acids is 2. The molecule has 1 saturated heterocycles. The van der Waals surface area contributed by atoms with Gasteiger partial charge in [-0.15, -0.1) is 10.2 Å². The van der Waals surface area contributed by atoms with Gasteiger partial charge in [-0.2, -0.15) is 18.3 Å². The first-order valence-electron chi connectivity index (χ1n) is 15.8. The molecular formula is C30H36F5N9O5. The van der Waals surface area contributed by atoms with Gasteiger partial charge in [-0.05, 0) is 55.3 Å². The van der Waals surface area contributed by atoms with Crippen LogP contribution in [0.1, 0.15) is 96.5 Å². The fourth-order valence-corrected chi connectivity index (χ4v) is 5.40. The molecule has 0 aromatic carbocycles. The van der Waals surface area contributed by atoms with Gasteiger partial charge in [0.15, 0.2) is 11.3 Å². The van der Waals surface area contributed by atoms with Gasteiger partial charge in [0.05, 0.1) is 24.6 Å². The van der Waals surface area contributed by atoms with Crippen LogP contribution in [-0.4, -0.2) is 72.2 Å². The van der Waals surface area contributed by atoms with Crippen molar-refractivity contribution in [2.24, 2.45) is 5.92 Å². The number of rotatable bonds is 8. The lowest BCUT2D eigenvalue weighted by Gasteiger charge is -2.20. The van der Waals surface area contributed by atoms with E-state index in [1.165, 1.54) is 10.7 Å². The predicted molar refractivity (Wildman–Crippen MR) is 158 cm³/mol. The molecule has 2 saturated carbocycles. The van der Waals surface area contributed by atoms with E-state index in [9.17, 15) is 31.5 Å². The molecule has 4 aromatic rings. The molecule has 0 spiro atoms. The summed E-state index contributed by atoms with van der Waals surface area (Å²) in [7, 11) is 1.58. The summed E-state index contributed by atoms with van der Waals surface area (Å²) in [5, 5.41) is 23.7. The Balaban J connectivity index is 0.000000224. The number of nitrogens with zero attached hydrogens (tertiary/aromatic N) is 7. The van der Waals surface area contributed by atoms with Crippen LogP contribution < -0.4 is 10.6 Å². The first-order chi connectivity index (χ1) is 23.3. The zero-order valence-corrected chi connectivity index (χ0v) is 26.8. The molecular weight excluding hydrogens is 661 g/mol. The zero-order valence-electron chi connectivity index (χ0n) is 26.8. The van der Waals surface area contributed by atoms with E-state index >= 15 is 0 Å². The Kier molecular flexibility index (Phi) is 11.2. The van der Waals surface area contributed by atoms with E-state index in [0.29, 0.717) is 53.8 Å². The number of alkyl halides is 5. The maximum atomic E-state index is 12.9. The number of carbonyl (C=O) groups is 2. The lowest BCUT2D eigenvalue weighted by molar-refractivity contribution is -0.154. The third-order valence-corrected chi connectivity index (χ3v) is 8.06. The highest BCUT2D eigenvalue weighted by molar-refractivity contribution is 5.93. The fourth-order valence-electron chi connectivity index (χ4n) is 5.40. The lowest BCUT2D eigenvalue weighted by atomic mass is 9.97. The lowest BCUT2D eigenvalue weighted by Crippen LogP contribution is -2.38. The summed E-state index contributed by atoms with van der Waals surface area (Å²) < 4.78 is 78.9. The SMILES string of the molecule is COCc1nnc(C)o1.FC1(F)CCCCC1.O=C(NCc1cn2ncc(CC3CC(C(F)(F)F)NC3=O)cc2n1)c1nonc1C1CC1. The second-order valence-corrected chi connectivity index (χ2v) is 12.2. The summed E-state index contributed by atoms with van der Waals surface area (Å²) >= 11 is 0. The molecule has 49 heavy (non-hydrogen) atoms. The minimum absolute atomic E-state index is 0.118. The van der Waals surface area contributed by atoms with Crippen LogP contribution in [0, 0.1) is 12.8 Å². The summed E-state index contributed by atoms with van der Waals surface area (Å²) in [6.45, 7) is 2.25. The highest BCUT2D eigenvalue weighted by Crippen LogP contribution is 2.40. The van der Waals surface area contributed by atoms with Crippen molar-refractivity contribution in [3.05, 3.63) is 52.9 Å².